The standard InChI is InChI=1S/C30H45NO9.ClH/c1-9-14-31(15-10-2)17-21(34)38-18-22(35)39-25-23(36)24-26(4,5)13-12-19(32)28(24,7)30(37)20(33)16-27(6,11-3)40-29(25,30)8;/h9-11,19,23-25,32,36-37H,1-3,12-18H2,4-8H3;1H/t19-,23-,24-,25-,27-,28-,29+,30-;/m0./s1. The van der Waals surface area contributed by atoms with Gasteiger partial charge in [0.25, 0.3) is 0 Å². The average Bonchev–Trinajstić information content (AvgIpc) is 2.86. The van der Waals surface area contributed by atoms with Gasteiger partial charge in [0, 0.05) is 30.8 Å². The van der Waals surface area contributed by atoms with Crippen LogP contribution in [0.5, 0.6) is 0 Å². The van der Waals surface area contributed by atoms with Gasteiger partial charge in [0.1, 0.15) is 5.60 Å². The predicted octanol–water partition coefficient (Wildman–Crippen LogP) is 2.14. The lowest BCUT2D eigenvalue weighted by atomic mass is 9.40. The van der Waals surface area contributed by atoms with Crippen LogP contribution in [-0.4, -0.2) is 99.3 Å². The van der Waals surface area contributed by atoms with Crippen molar-refractivity contribution in [2.45, 2.75) is 89.0 Å². The Labute approximate surface area is 248 Å². The minimum Gasteiger partial charge on any atom is -0.454 e. The maximum Gasteiger partial charge on any atom is 0.344 e. The van der Waals surface area contributed by atoms with E-state index < -0.39 is 76.2 Å². The van der Waals surface area contributed by atoms with Crippen molar-refractivity contribution in [3.05, 3.63) is 38.0 Å². The zero-order valence-corrected chi connectivity index (χ0v) is 25.6. The van der Waals surface area contributed by atoms with E-state index >= 15 is 0 Å². The van der Waals surface area contributed by atoms with Crippen LogP contribution in [0, 0.1) is 16.7 Å². The van der Waals surface area contributed by atoms with Gasteiger partial charge in [-0.25, -0.2) is 4.79 Å². The number of nitrogens with zero attached hydrogens (tertiary/aromatic N) is 1. The van der Waals surface area contributed by atoms with Gasteiger partial charge in [0.15, 0.2) is 24.1 Å². The number of ketones is 1. The van der Waals surface area contributed by atoms with Crippen LogP contribution in [-0.2, 0) is 28.6 Å². The van der Waals surface area contributed by atoms with Crippen molar-refractivity contribution in [2.24, 2.45) is 16.7 Å². The summed E-state index contributed by atoms with van der Waals surface area (Å²) >= 11 is 0. The molecule has 2 aliphatic carbocycles. The number of ether oxygens (including phenoxy) is 3. The largest absolute Gasteiger partial charge is 0.454 e. The van der Waals surface area contributed by atoms with E-state index in [1.165, 1.54) is 13.0 Å². The van der Waals surface area contributed by atoms with Crippen molar-refractivity contribution >= 4 is 30.1 Å². The third-order valence-corrected chi connectivity index (χ3v) is 9.46. The van der Waals surface area contributed by atoms with Crippen molar-refractivity contribution in [2.75, 3.05) is 26.2 Å². The van der Waals surface area contributed by atoms with Gasteiger partial charge in [-0.05, 0) is 32.1 Å². The summed E-state index contributed by atoms with van der Waals surface area (Å²) < 4.78 is 17.2. The molecule has 10 nitrogen and oxygen atoms in total. The van der Waals surface area contributed by atoms with Gasteiger partial charge in [0.2, 0.25) is 0 Å². The first-order chi connectivity index (χ1) is 18.5. The molecule has 0 aromatic rings. The number of Topliss-reactive ketones (excluding diaryl/α,β-unsaturated/α-hetero) is 1. The van der Waals surface area contributed by atoms with Crippen LogP contribution in [0.4, 0.5) is 0 Å². The van der Waals surface area contributed by atoms with Crippen molar-refractivity contribution in [1.82, 2.24) is 4.90 Å². The van der Waals surface area contributed by atoms with Crippen LogP contribution in [0.25, 0.3) is 0 Å². The summed E-state index contributed by atoms with van der Waals surface area (Å²) in [5, 5.41) is 35.6. The maximum atomic E-state index is 13.9. The molecule has 3 aliphatic rings. The minimum absolute atomic E-state index is 0. The molecule has 0 amide bonds. The Kier molecular flexibility index (Phi) is 10.5. The minimum atomic E-state index is -2.33. The molecule has 0 aromatic carbocycles. The molecule has 3 N–H and O–H groups in total. The molecule has 1 aliphatic heterocycles. The fraction of sp³-hybridized carbons (Fsp3) is 0.700. The van der Waals surface area contributed by atoms with E-state index in [2.05, 4.69) is 19.7 Å². The molecule has 0 unspecified atom stereocenters. The molecule has 0 aromatic heterocycles. The zero-order valence-electron chi connectivity index (χ0n) is 24.8. The van der Waals surface area contributed by atoms with Gasteiger partial charge >= 0.3 is 11.9 Å². The van der Waals surface area contributed by atoms with Crippen LogP contribution in [0.3, 0.4) is 0 Å². The average molecular weight is 600 g/mol. The summed E-state index contributed by atoms with van der Waals surface area (Å²) in [6.45, 7) is 19.4. The van der Waals surface area contributed by atoms with Crippen molar-refractivity contribution in [1.29, 1.82) is 0 Å². The van der Waals surface area contributed by atoms with E-state index in [9.17, 15) is 29.7 Å². The number of fused-ring (bicyclic) bond motifs is 3. The Morgan fingerprint density at radius 2 is 1.66 bits per heavy atom. The van der Waals surface area contributed by atoms with E-state index in [0.29, 0.717) is 25.9 Å². The highest BCUT2D eigenvalue weighted by Gasteiger charge is 2.81. The fourth-order valence-electron chi connectivity index (χ4n) is 7.59. The molecule has 8 atom stereocenters. The van der Waals surface area contributed by atoms with Crippen molar-refractivity contribution < 1.29 is 43.9 Å². The smallest absolute Gasteiger partial charge is 0.344 e. The Balaban J connectivity index is 0.00000588. The van der Waals surface area contributed by atoms with E-state index in [4.69, 9.17) is 14.2 Å². The molecule has 11 heteroatoms. The second-order valence-electron chi connectivity index (χ2n) is 12.7. The Morgan fingerprint density at radius 1 is 1.07 bits per heavy atom. The predicted molar refractivity (Wildman–Crippen MR) is 154 cm³/mol. The number of carbonyl (C=O) groups is 3. The third kappa shape index (κ3) is 5.67. The molecule has 232 valence electrons. The second-order valence-corrected chi connectivity index (χ2v) is 12.7. The zero-order chi connectivity index (χ0) is 30.3. The number of hydrogen-bond donors (Lipinski definition) is 3. The monoisotopic (exact) mass is 599 g/mol. The van der Waals surface area contributed by atoms with Gasteiger partial charge < -0.3 is 29.5 Å². The lowest BCUT2D eigenvalue weighted by Gasteiger charge is -2.71. The highest BCUT2D eigenvalue weighted by molar-refractivity contribution is 5.92. The lowest BCUT2D eigenvalue weighted by Crippen LogP contribution is -2.86. The number of hydrogen-bond acceptors (Lipinski definition) is 10. The van der Waals surface area contributed by atoms with Crippen LogP contribution >= 0.6 is 12.4 Å². The van der Waals surface area contributed by atoms with Crippen molar-refractivity contribution in [3.63, 3.8) is 0 Å². The molecule has 0 bridgehead atoms. The van der Waals surface area contributed by atoms with Crippen molar-refractivity contribution in [3.8, 4) is 0 Å². The van der Waals surface area contributed by atoms with Gasteiger partial charge in [-0.2, -0.15) is 0 Å². The Hall–Kier alpha value is -2.08. The topological polar surface area (TPSA) is 143 Å². The Bertz CT molecular complexity index is 1050. The number of aliphatic hydroxyl groups excluding tert-OH is 2. The van der Waals surface area contributed by atoms with Crippen LogP contribution < -0.4 is 0 Å². The van der Waals surface area contributed by atoms with Gasteiger partial charge in [0.05, 0.1) is 24.4 Å². The van der Waals surface area contributed by atoms with Crippen LogP contribution in [0.1, 0.15) is 53.9 Å². The quantitative estimate of drug-likeness (QED) is 0.252. The summed E-state index contributed by atoms with van der Waals surface area (Å²) in [4.78, 5) is 41.0. The van der Waals surface area contributed by atoms with Gasteiger partial charge in [-0.15, -0.1) is 32.1 Å². The molecule has 2 saturated carbocycles. The fourth-order valence-corrected chi connectivity index (χ4v) is 7.59. The first-order valence-corrected chi connectivity index (χ1v) is 13.7. The van der Waals surface area contributed by atoms with Crippen LogP contribution in [0.15, 0.2) is 38.0 Å². The summed E-state index contributed by atoms with van der Waals surface area (Å²) in [7, 11) is 0. The lowest BCUT2D eigenvalue weighted by molar-refractivity contribution is -0.370. The third-order valence-electron chi connectivity index (χ3n) is 9.46. The molecule has 1 saturated heterocycles. The Morgan fingerprint density at radius 3 is 2.20 bits per heavy atom. The highest BCUT2D eigenvalue weighted by Crippen LogP contribution is 2.67. The summed E-state index contributed by atoms with van der Waals surface area (Å²) in [6.07, 6.45) is 1.14. The highest BCUT2D eigenvalue weighted by atomic mass is 35.5. The first-order valence-electron chi connectivity index (χ1n) is 13.7. The van der Waals surface area contributed by atoms with Gasteiger partial charge in [-0.1, -0.05) is 39.0 Å². The molecular formula is C30H46ClNO9. The first kappa shape index (κ1) is 35.1. The molecule has 3 fully saturated rings. The summed E-state index contributed by atoms with van der Waals surface area (Å²) in [6, 6.07) is 0. The molecule has 1 heterocycles. The number of rotatable bonds is 10. The summed E-state index contributed by atoms with van der Waals surface area (Å²) in [5.74, 6) is -3.12. The van der Waals surface area contributed by atoms with E-state index in [-0.39, 0.29) is 25.4 Å². The molecule has 0 spiro atoms. The number of carbonyl (C=O) groups excluding carboxylic acids is 3. The number of esters is 2. The molecule has 0 radical (unpaired) electrons. The number of aliphatic hydroxyl groups is 3. The summed E-state index contributed by atoms with van der Waals surface area (Å²) in [5.41, 5.74) is -7.73. The number of halogens is 1. The van der Waals surface area contributed by atoms with E-state index in [1.807, 2.05) is 13.8 Å². The second kappa shape index (κ2) is 12.3. The van der Waals surface area contributed by atoms with Crippen LogP contribution in [0.2, 0.25) is 0 Å². The maximum absolute atomic E-state index is 13.9. The molecular weight excluding hydrogens is 554 g/mol. The normalized spacial score (nSPS) is 39.4. The SMILES string of the molecule is C=CCN(CC=C)CC(=O)OCC(=O)O[C@H]1[C@@H](O)[C@H]2C(C)(C)CC[C@H](O)[C@]2(C)[C@@]2(O)C(=O)C[C@](C)(C=C)O[C@]12C.Cl. The molecule has 3 rings (SSSR count). The molecule has 41 heavy (non-hydrogen) atoms. The van der Waals surface area contributed by atoms with Gasteiger partial charge in [-0.3, -0.25) is 14.5 Å². The van der Waals surface area contributed by atoms with E-state index in [1.54, 1.807) is 30.9 Å². The van der Waals surface area contributed by atoms with E-state index in [0.717, 1.165) is 0 Å².